The number of nitrogens with one attached hydrogen (secondary N) is 3. The fourth-order valence-corrected chi connectivity index (χ4v) is 0.0616. The second-order valence-electron chi connectivity index (χ2n) is 0.614. The van der Waals surface area contributed by atoms with Crippen molar-refractivity contribution in [3.8, 4) is 0 Å². The number of hydrogen-bond acceptors (Lipinski definition) is 2. The van der Waals surface area contributed by atoms with Gasteiger partial charge in [-0.15, -0.1) is 0 Å². The first-order chi connectivity index (χ1) is 2.77. The van der Waals surface area contributed by atoms with E-state index in [4.69, 9.17) is 5.84 Å². The number of urea groups is 1. The lowest BCUT2D eigenvalue weighted by molar-refractivity contribution is 0.244. The minimum absolute atomic E-state index is 0.759. The van der Waals surface area contributed by atoms with Gasteiger partial charge in [-0.3, -0.25) is 5.43 Å². The van der Waals surface area contributed by atoms with Crippen molar-refractivity contribution >= 4 is 6.03 Å². The van der Waals surface area contributed by atoms with Gasteiger partial charge in [-0.2, -0.15) is 11.4 Å². The topological polar surface area (TPSA) is 90.9 Å². The van der Waals surface area contributed by atoms with Gasteiger partial charge >= 0.3 is 6.03 Å². The highest BCUT2D eigenvalue weighted by Gasteiger charge is 1.79. The van der Waals surface area contributed by atoms with Crippen LogP contribution in [0.25, 0.3) is 0 Å². The molecule has 6 heavy (non-hydrogen) atoms. The molecule has 0 aliphatic rings. The van der Waals surface area contributed by atoms with Crippen LogP contribution in [0.5, 0.6) is 0 Å². The van der Waals surface area contributed by atoms with Crippen LogP contribution in [0.15, 0.2) is 0 Å². The van der Waals surface area contributed by atoms with Gasteiger partial charge in [-0.1, -0.05) is 0 Å². The first-order valence-corrected chi connectivity index (χ1v) is 1.24. The standard InChI is InChI=1S/CH5N4O/c2-1(6)4-5-3/h3,5H,(H3,2,4,6). The van der Waals surface area contributed by atoms with Crippen molar-refractivity contribution in [2.24, 2.45) is 5.73 Å². The summed E-state index contributed by atoms with van der Waals surface area (Å²) in [6.45, 7) is 0. The maximum absolute atomic E-state index is 9.53. The maximum Gasteiger partial charge on any atom is 0.327 e. The summed E-state index contributed by atoms with van der Waals surface area (Å²) in [5.74, 6) is 6.07. The van der Waals surface area contributed by atoms with Gasteiger partial charge in [0, 0.05) is 0 Å². The first-order valence-electron chi connectivity index (χ1n) is 1.24. The van der Waals surface area contributed by atoms with Gasteiger partial charge in [0.25, 0.3) is 0 Å². The molecule has 1 radical (unpaired) electrons. The molecule has 35 valence electrons. The fraction of sp³-hybridized carbons (Fsp3) is 0. The molecule has 0 unspecified atom stereocenters. The molecule has 0 aromatic heterocycles. The highest BCUT2D eigenvalue weighted by atomic mass is 16.2. The van der Waals surface area contributed by atoms with Gasteiger partial charge in [0.1, 0.15) is 0 Å². The van der Waals surface area contributed by atoms with E-state index in [0.29, 0.717) is 0 Å². The van der Waals surface area contributed by atoms with Crippen LogP contribution in [0.4, 0.5) is 4.79 Å². The molecule has 0 aliphatic heterocycles. The molecule has 0 atom stereocenters. The third kappa shape index (κ3) is 3.19. The van der Waals surface area contributed by atoms with Crippen LogP contribution >= 0.6 is 0 Å². The van der Waals surface area contributed by atoms with E-state index in [9.17, 15) is 4.79 Å². The molecule has 0 bridgehead atoms. The Morgan fingerprint density at radius 1 is 1.83 bits per heavy atom. The Morgan fingerprint density at radius 3 is 2.33 bits per heavy atom. The molecule has 0 saturated carbocycles. The summed E-state index contributed by atoms with van der Waals surface area (Å²) in [7, 11) is 0. The zero-order valence-electron chi connectivity index (χ0n) is 2.99. The molecule has 5 nitrogen and oxygen atoms in total. The summed E-state index contributed by atoms with van der Waals surface area (Å²) < 4.78 is 0. The van der Waals surface area contributed by atoms with E-state index in [-0.39, 0.29) is 0 Å². The van der Waals surface area contributed by atoms with Crippen molar-refractivity contribution in [1.29, 1.82) is 0 Å². The van der Waals surface area contributed by atoms with E-state index in [1.54, 1.807) is 11.0 Å². The Balaban J connectivity index is 2.83. The molecule has 0 aromatic rings. The molecule has 0 spiro atoms. The SMILES string of the molecule is [NH]NNC(N)=O. The van der Waals surface area contributed by atoms with Crippen LogP contribution in [-0.4, -0.2) is 6.03 Å². The minimum atomic E-state index is -0.759. The lowest BCUT2D eigenvalue weighted by Gasteiger charge is -1.90. The maximum atomic E-state index is 9.53. The minimum Gasteiger partial charge on any atom is -0.351 e. The quantitative estimate of drug-likeness (QED) is 0.336. The average Bonchev–Trinajstić information content (AvgIpc) is 1.35. The number of amides is 2. The first kappa shape index (κ1) is 5.19. The lowest BCUT2D eigenvalue weighted by Crippen LogP contribution is -2.39. The van der Waals surface area contributed by atoms with Crippen molar-refractivity contribution in [2.75, 3.05) is 0 Å². The van der Waals surface area contributed by atoms with Crippen LogP contribution in [0, 0.1) is 0 Å². The number of rotatable bonds is 1. The molecule has 0 rings (SSSR count). The molecular weight excluding hydrogens is 84.0 g/mol. The van der Waals surface area contributed by atoms with E-state index >= 15 is 0 Å². The highest BCUT2D eigenvalue weighted by molar-refractivity contribution is 5.70. The van der Waals surface area contributed by atoms with Gasteiger partial charge in [0.05, 0.1) is 0 Å². The van der Waals surface area contributed by atoms with Gasteiger partial charge in [-0.25, -0.2) is 4.79 Å². The zero-order chi connectivity index (χ0) is 4.99. The second kappa shape index (κ2) is 2.43. The second-order valence-corrected chi connectivity index (χ2v) is 0.614. The van der Waals surface area contributed by atoms with Gasteiger partial charge in [0.2, 0.25) is 0 Å². The summed E-state index contributed by atoms with van der Waals surface area (Å²) in [4.78, 5) is 9.53. The van der Waals surface area contributed by atoms with Crippen LogP contribution in [0.3, 0.4) is 0 Å². The number of carbonyl (C=O) groups is 1. The third-order valence-electron chi connectivity index (χ3n) is 0.186. The van der Waals surface area contributed by atoms with E-state index in [1.165, 1.54) is 0 Å². The average molecular weight is 89.1 g/mol. The Morgan fingerprint density at radius 2 is 2.33 bits per heavy atom. The van der Waals surface area contributed by atoms with Gasteiger partial charge in [-0.05, 0) is 0 Å². The van der Waals surface area contributed by atoms with E-state index in [1.807, 2.05) is 0 Å². The number of hydrogen-bond donors (Lipinski definition) is 3. The van der Waals surface area contributed by atoms with Crippen LogP contribution in [0.1, 0.15) is 0 Å². The Hall–Kier alpha value is -0.810. The summed E-state index contributed by atoms with van der Waals surface area (Å²) in [6, 6.07) is -0.759. The molecule has 0 aliphatic carbocycles. The summed E-state index contributed by atoms with van der Waals surface area (Å²) in [5, 5.41) is 0. The van der Waals surface area contributed by atoms with Gasteiger partial charge < -0.3 is 5.73 Å². The number of primary amides is 1. The largest absolute Gasteiger partial charge is 0.351 e. The van der Waals surface area contributed by atoms with Crippen molar-refractivity contribution < 1.29 is 4.79 Å². The fourth-order valence-electron chi connectivity index (χ4n) is 0.0616. The molecule has 5 N–H and O–H groups in total. The number of carbonyl (C=O) groups excluding carboxylic acids is 1. The molecule has 2 amide bonds. The predicted octanol–water partition coefficient (Wildman–Crippen LogP) is -1.64. The molecule has 0 heterocycles. The van der Waals surface area contributed by atoms with E-state index in [0.717, 1.165) is 0 Å². The Bertz CT molecular complexity index is 51.5. The van der Waals surface area contributed by atoms with Crippen LogP contribution in [0.2, 0.25) is 0 Å². The van der Waals surface area contributed by atoms with Crippen molar-refractivity contribution in [2.45, 2.75) is 0 Å². The molecular formula is CH5N4O. The number of hydrazine groups is 1. The van der Waals surface area contributed by atoms with E-state index in [2.05, 4.69) is 5.73 Å². The Labute approximate surface area is 34.6 Å². The summed E-state index contributed by atoms with van der Waals surface area (Å²) in [6.07, 6.45) is 0. The van der Waals surface area contributed by atoms with Crippen molar-refractivity contribution in [3.63, 3.8) is 0 Å². The van der Waals surface area contributed by atoms with Gasteiger partial charge in [0.15, 0.2) is 0 Å². The molecule has 0 fully saturated rings. The normalized spacial score (nSPS) is 7.50. The van der Waals surface area contributed by atoms with E-state index < -0.39 is 6.03 Å². The smallest absolute Gasteiger partial charge is 0.327 e. The summed E-state index contributed by atoms with van der Waals surface area (Å²) in [5.41, 5.74) is 7.83. The van der Waals surface area contributed by atoms with Crippen LogP contribution < -0.4 is 22.5 Å². The molecule has 0 saturated heterocycles. The third-order valence-corrected chi connectivity index (χ3v) is 0.186. The predicted molar refractivity (Wildman–Crippen MR) is 19.0 cm³/mol. The highest BCUT2D eigenvalue weighted by Crippen LogP contribution is 1.39. The lowest BCUT2D eigenvalue weighted by atomic mass is 11.2. The summed E-state index contributed by atoms with van der Waals surface area (Å²) >= 11 is 0. The Kier molecular flexibility index (Phi) is 2.10. The van der Waals surface area contributed by atoms with Crippen molar-refractivity contribution in [1.82, 2.24) is 16.8 Å². The zero-order valence-corrected chi connectivity index (χ0v) is 2.99. The molecule has 0 aromatic carbocycles. The van der Waals surface area contributed by atoms with Crippen molar-refractivity contribution in [3.05, 3.63) is 0 Å². The van der Waals surface area contributed by atoms with Crippen LogP contribution in [-0.2, 0) is 0 Å². The molecule has 5 heteroatoms. The number of nitrogens with two attached hydrogens (primary N) is 1. The monoisotopic (exact) mass is 89.0 g/mol.